The lowest BCUT2D eigenvalue weighted by Gasteiger charge is -2.39. The molecule has 1 atom stereocenters. The van der Waals surface area contributed by atoms with Crippen LogP contribution in [0.4, 0.5) is 0 Å². The van der Waals surface area contributed by atoms with Crippen LogP contribution in [0.5, 0.6) is 0 Å². The summed E-state index contributed by atoms with van der Waals surface area (Å²) in [4.78, 5) is 2.64. The zero-order chi connectivity index (χ0) is 11.3. The Morgan fingerprint density at radius 3 is 2.67 bits per heavy atom. The Hall–Kier alpha value is -0.0800. The summed E-state index contributed by atoms with van der Waals surface area (Å²) in [5, 5.41) is 3.44. The van der Waals surface area contributed by atoms with E-state index in [4.69, 9.17) is 0 Å². The number of nitrogens with zero attached hydrogens (tertiary/aromatic N) is 1. The Morgan fingerprint density at radius 1 is 1.40 bits per heavy atom. The van der Waals surface area contributed by atoms with E-state index in [2.05, 4.69) is 38.0 Å². The molecule has 15 heavy (non-hydrogen) atoms. The topological polar surface area (TPSA) is 15.3 Å². The van der Waals surface area contributed by atoms with Crippen molar-refractivity contribution in [2.45, 2.75) is 52.5 Å². The summed E-state index contributed by atoms with van der Waals surface area (Å²) in [6.07, 6.45) is 5.34. The van der Waals surface area contributed by atoms with E-state index < -0.39 is 0 Å². The molecule has 0 radical (unpaired) electrons. The fourth-order valence-electron chi connectivity index (χ4n) is 2.69. The van der Waals surface area contributed by atoms with Crippen molar-refractivity contribution in [1.29, 1.82) is 0 Å². The second-order valence-electron chi connectivity index (χ2n) is 5.78. The van der Waals surface area contributed by atoms with Crippen molar-refractivity contribution in [3.63, 3.8) is 0 Å². The van der Waals surface area contributed by atoms with Crippen LogP contribution in [0.2, 0.25) is 0 Å². The van der Waals surface area contributed by atoms with E-state index in [1.807, 2.05) is 0 Å². The number of likely N-dealkylation sites (tertiary alicyclic amines) is 1. The lowest BCUT2D eigenvalue weighted by atomic mass is 9.84. The van der Waals surface area contributed by atoms with E-state index in [0.29, 0.717) is 11.5 Å². The van der Waals surface area contributed by atoms with Crippen LogP contribution in [0.25, 0.3) is 0 Å². The molecule has 1 aliphatic rings. The van der Waals surface area contributed by atoms with Crippen LogP contribution in [-0.4, -0.2) is 37.6 Å². The molecule has 1 fully saturated rings. The number of hydrogen-bond acceptors (Lipinski definition) is 2. The molecule has 0 amide bonds. The molecule has 0 saturated carbocycles. The number of rotatable bonds is 5. The molecule has 1 rings (SSSR count). The number of piperidine rings is 1. The van der Waals surface area contributed by atoms with Crippen molar-refractivity contribution in [1.82, 2.24) is 10.2 Å². The van der Waals surface area contributed by atoms with Gasteiger partial charge < -0.3 is 10.2 Å². The lowest BCUT2D eigenvalue weighted by Crippen LogP contribution is -2.46. The van der Waals surface area contributed by atoms with Crippen molar-refractivity contribution in [2.75, 3.05) is 26.7 Å². The molecule has 0 spiro atoms. The van der Waals surface area contributed by atoms with Gasteiger partial charge in [0.1, 0.15) is 0 Å². The first-order valence-electron chi connectivity index (χ1n) is 6.47. The van der Waals surface area contributed by atoms with Crippen molar-refractivity contribution in [2.24, 2.45) is 5.41 Å². The summed E-state index contributed by atoms with van der Waals surface area (Å²) >= 11 is 0. The van der Waals surface area contributed by atoms with Gasteiger partial charge in [-0.1, -0.05) is 27.2 Å². The molecule has 1 saturated heterocycles. The maximum absolute atomic E-state index is 3.44. The molecule has 0 aliphatic carbocycles. The molecule has 0 bridgehead atoms. The van der Waals surface area contributed by atoms with E-state index >= 15 is 0 Å². The quantitative estimate of drug-likeness (QED) is 0.753. The van der Waals surface area contributed by atoms with Gasteiger partial charge in [0.25, 0.3) is 0 Å². The largest absolute Gasteiger partial charge is 0.316 e. The van der Waals surface area contributed by atoms with Crippen LogP contribution in [0, 0.1) is 5.41 Å². The summed E-state index contributed by atoms with van der Waals surface area (Å²) in [5.41, 5.74) is 0.531. The van der Waals surface area contributed by atoms with Gasteiger partial charge in [-0.2, -0.15) is 0 Å². The van der Waals surface area contributed by atoms with Crippen molar-refractivity contribution in [3.05, 3.63) is 0 Å². The summed E-state index contributed by atoms with van der Waals surface area (Å²) in [7, 11) is 2.09. The minimum absolute atomic E-state index is 0.531. The van der Waals surface area contributed by atoms with Crippen LogP contribution in [0.1, 0.15) is 46.5 Å². The molecule has 0 aromatic heterocycles. The summed E-state index contributed by atoms with van der Waals surface area (Å²) in [5.74, 6) is 0. The van der Waals surface area contributed by atoms with Gasteiger partial charge in [0.15, 0.2) is 0 Å². The Balaban J connectivity index is 2.36. The van der Waals surface area contributed by atoms with Gasteiger partial charge in [0.05, 0.1) is 0 Å². The zero-order valence-corrected chi connectivity index (χ0v) is 11.0. The minimum atomic E-state index is 0.531. The molecular formula is C13H28N2. The third-order valence-electron chi connectivity index (χ3n) is 3.50. The minimum Gasteiger partial charge on any atom is -0.316 e. The van der Waals surface area contributed by atoms with Gasteiger partial charge in [-0.25, -0.2) is 0 Å². The van der Waals surface area contributed by atoms with Crippen LogP contribution in [0.15, 0.2) is 0 Å². The average Bonchev–Trinajstić information content (AvgIpc) is 2.15. The third-order valence-corrected chi connectivity index (χ3v) is 3.50. The fraction of sp³-hybridized carbons (Fsp3) is 1.00. The summed E-state index contributed by atoms with van der Waals surface area (Å²) in [6.45, 7) is 10.9. The predicted molar refractivity (Wildman–Crippen MR) is 67.2 cm³/mol. The number of likely N-dealkylation sites (N-methyl/N-ethyl adjacent to an activating group) is 1. The SMILES string of the molecule is CCCC(CN1CCCC(C)(C)C1)NC. The smallest absolute Gasteiger partial charge is 0.0191 e. The van der Waals surface area contributed by atoms with E-state index in [1.165, 1.54) is 45.3 Å². The van der Waals surface area contributed by atoms with Gasteiger partial charge in [-0.3, -0.25) is 0 Å². The standard InChI is InChI=1S/C13H28N2/c1-5-7-12(14-4)10-15-9-6-8-13(2,3)11-15/h12,14H,5-11H2,1-4H3. The zero-order valence-electron chi connectivity index (χ0n) is 11.0. The first-order valence-corrected chi connectivity index (χ1v) is 6.47. The highest BCUT2D eigenvalue weighted by molar-refractivity contribution is 4.82. The summed E-state index contributed by atoms with van der Waals surface area (Å²) in [6, 6.07) is 0.684. The van der Waals surface area contributed by atoms with Crippen LogP contribution < -0.4 is 5.32 Å². The molecule has 2 nitrogen and oxygen atoms in total. The van der Waals surface area contributed by atoms with E-state index in [1.54, 1.807) is 0 Å². The summed E-state index contributed by atoms with van der Waals surface area (Å²) < 4.78 is 0. The van der Waals surface area contributed by atoms with Gasteiger partial charge >= 0.3 is 0 Å². The second kappa shape index (κ2) is 5.86. The van der Waals surface area contributed by atoms with Gasteiger partial charge in [0, 0.05) is 19.1 Å². The highest BCUT2D eigenvalue weighted by Crippen LogP contribution is 2.28. The highest BCUT2D eigenvalue weighted by Gasteiger charge is 2.27. The maximum Gasteiger partial charge on any atom is 0.0191 e. The van der Waals surface area contributed by atoms with Crippen molar-refractivity contribution >= 4 is 0 Å². The number of nitrogens with one attached hydrogen (secondary N) is 1. The average molecular weight is 212 g/mol. The van der Waals surface area contributed by atoms with Crippen molar-refractivity contribution in [3.8, 4) is 0 Å². The Labute approximate surface area is 95.4 Å². The normalized spacial score (nSPS) is 24.0. The second-order valence-corrected chi connectivity index (χ2v) is 5.78. The maximum atomic E-state index is 3.44. The Bertz CT molecular complexity index is 177. The Morgan fingerprint density at radius 2 is 2.13 bits per heavy atom. The van der Waals surface area contributed by atoms with E-state index in [0.717, 1.165) is 0 Å². The Kier molecular flexibility index (Phi) is 5.07. The molecular weight excluding hydrogens is 184 g/mol. The first kappa shape index (κ1) is 13.0. The molecule has 1 heterocycles. The van der Waals surface area contributed by atoms with Crippen LogP contribution in [-0.2, 0) is 0 Å². The fourth-order valence-corrected chi connectivity index (χ4v) is 2.69. The molecule has 2 heteroatoms. The van der Waals surface area contributed by atoms with Gasteiger partial charge in [-0.15, -0.1) is 0 Å². The first-order chi connectivity index (χ1) is 7.07. The molecule has 90 valence electrons. The molecule has 0 aromatic carbocycles. The molecule has 0 aromatic rings. The van der Waals surface area contributed by atoms with Gasteiger partial charge in [0.2, 0.25) is 0 Å². The number of hydrogen-bond donors (Lipinski definition) is 1. The molecule has 1 unspecified atom stereocenters. The predicted octanol–water partition coefficient (Wildman–Crippen LogP) is 2.50. The van der Waals surface area contributed by atoms with E-state index in [9.17, 15) is 0 Å². The van der Waals surface area contributed by atoms with Crippen LogP contribution >= 0.6 is 0 Å². The lowest BCUT2D eigenvalue weighted by molar-refractivity contribution is 0.107. The highest BCUT2D eigenvalue weighted by atomic mass is 15.2. The van der Waals surface area contributed by atoms with E-state index in [-0.39, 0.29) is 0 Å². The monoisotopic (exact) mass is 212 g/mol. The third kappa shape index (κ3) is 4.52. The van der Waals surface area contributed by atoms with Gasteiger partial charge in [-0.05, 0) is 38.3 Å². The van der Waals surface area contributed by atoms with Crippen LogP contribution in [0.3, 0.4) is 0 Å². The molecule has 1 aliphatic heterocycles. The van der Waals surface area contributed by atoms with Crippen molar-refractivity contribution < 1.29 is 0 Å². The molecule has 1 N–H and O–H groups in total.